The second kappa shape index (κ2) is 9.06. The molecule has 1 aliphatic carbocycles. The molecule has 1 aromatic heterocycles. The highest BCUT2D eigenvalue weighted by atomic mass is 16.1. The van der Waals surface area contributed by atoms with Crippen molar-refractivity contribution in [3.8, 4) is 0 Å². The van der Waals surface area contributed by atoms with Crippen LogP contribution in [0.2, 0.25) is 0 Å². The first-order valence-electron chi connectivity index (χ1n) is 11.6. The highest BCUT2D eigenvalue weighted by Crippen LogP contribution is 2.26. The van der Waals surface area contributed by atoms with Crippen molar-refractivity contribution in [3.05, 3.63) is 72.3 Å². The molecule has 0 spiro atoms. The number of benzene rings is 3. The molecule has 4 aromatic rings. The molecule has 5 rings (SSSR count). The van der Waals surface area contributed by atoms with Gasteiger partial charge in [-0.05, 0) is 60.7 Å². The van der Waals surface area contributed by atoms with Crippen molar-refractivity contribution in [1.29, 1.82) is 0 Å². The summed E-state index contributed by atoms with van der Waals surface area (Å²) in [6, 6.07) is 22.6. The van der Waals surface area contributed by atoms with Crippen LogP contribution in [0.5, 0.6) is 0 Å². The highest BCUT2D eigenvalue weighted by Gasteiger charge is 2.24. The van der Waals surface area contributed by atoms with Crippen LogP contribution in [0.15, 0.2) is 66.7 Å². The maximum absolute atomic E-state index is 12.8. The Hall–Kier alpha value is -3.67. The first-order valence-corrected chi connectivity index (χ1v) is 11.6. The van der Waals surface area contributed by atoms with Gasteiger partial charge in [0.2, 0.25) is 5.95 Å². The molecule has 3 aromatic carbocycles. The van der Waals surface area contributed by atoms with Crippen LogP contribution < -0.4 is 15.5 Å². The zero-order chi connectivity index (χ0) is 22.8. The van der Waals surface area contributed by atoms with Gasteiger partial charge >= 0.3 is 0 Å². The summed E-state index contributed by atoms with van der Waals surface area (Å²) in [5.41, 5.74) is 1.66. The second-order valence-electron chi connectivity index (χ2n) is 9.01. The fourth-order valence-corrected chi connectivity index (χ4v) is 4.63. The molecule has 2 N–H and O–H groups in total. The minimum absolute atomic E-state index is 0.00523. The summed E-state index contributed by atoms with van der Waals surface area (Å²) >= 11 is 0. The lowest BCUT2D eigenvalue weighted by Gasteiger charge is -2.30. The molecule has 33 heavy (non-hydrogen) atoms. The Labute approximate surface area is 194 Å². The van der Waals surface area contributed by atoms with Crippen molar-refractivity contribution in [1.82, 2.24) is 15.3 Å². The van der Waals surface area contributed by atoms with E-state index in [-0.39, 0.29) is 11.9 Å². The third kappa shape index (κ3) is 4.60. The largest absolute Gasteiger partial charge is 0.362 e. The van der Waals surface area contributed by atoms with Gasteiger partial charge in [-0.3, -0.25) is 4.79 Å². The average Bonchev–Trinajstić information content (AvgIpc) is 2.84. The van der Waals surface area contributed by atoms with E-state index in [9.17, 15) is 4.79 Å². The normalized spacial score (nSPS) is 18.2. The van der Waals surface area contributed by atoms with E-state index in [1.54, 1.807) is 0 Å². The molecule has 0 bridgehead atoms. The second-order valence-corrected chi connectivity index (χ2v) is 9.01. The molecular formula is C27H29N5O. The number of hydrogen-bond donors (Lipinski definition) is 2. The summed E-state index contributed by atoms with van der Waals surface area (Å²) in [6.07, 6.45) is 3.81. The summed E-state index contributed by atoms with van der Waals surface area (Å²) in [5, 5.41) is 10.0. The molecule has 0 unspecified atom stereocenters. The van der Waals surface area contributed by atoms with Crippen LogP contribution in [0.25, 0.3) is 21.7 Å². The number of rotatable bonds is 5. The minimum Gasteiger partial charge on any atom is -0.362 e. The first-order chi connectivity index (χ1) is 16.1. The van der Waals surface area contributed by atoms with E-state index in [2.05, 4.69) is 22.8 Å². The predicted molar refractivity (Wildman–Crippen MR) is 135 cm³/mol. The smallest absolute Gasteiger partial charge is 0.251 e. The van der Waals surface area contributed by atoms with Gasteiger partial charge in [-0.2, -0.15) is 4.98 Å². The molecule has 0 saturated heterocycles. The van der Waals surface area contributed by atoms with Gasteiger partial charge in [0.25, 0.3) is 5.91 Å². The van der Waals surface area contributed by atoms with Gasteiger partial charge in [0.15, 0.2) is 0 Å². The number of hydrogen-bond acceptors (Lipinski definition) is 5. The molecule has 1 heterocycles. The maximum Gasteiger partial charge on any atom is 0.251 e. The molecule has 1 fully saturated rings. The van der Waals surface area contributed by atoms with E-state index in [1.165, 1.54) is 0 Å². The van der Waals surface area contributed by atoms with Crippen LogP contribution in [0.3, 0.4) is 0 Å². The molecule has 1 amide bonds. The number of para-hydroxylation sites is 1. The van der Waals surface area contributed by atoms with Crippen molar-refractivity contribution in [2.24, 2.45) is 0 Å². The van der Waals surface area contributed by atoms with E-state index in [0.717, 1.165) is 58.7 Å². The Morgan fingerprint density at radius 1 is 0.848 bits per heavy atom. The average molecular weight is 440 g/mol. The van der Waals surface area contributed by atoms with Crippen molar-refractivity contribution in [3.63, 3.8) is 0 Å². The van der Waals surface area contributed by atoms with E-state index in [0.29, 0.717) is 12.0 Å². The number of nitrogens with one attached hydrogen (secondary N) is 2. The van der Waals surface area contributed by atoms with Gasteiger partial charge in [0.05, 0.1) is 5.52 Å². The summed E-state index contributed by atoms with van der Waals surface area (Å²) in [5.74, 6) is 1.59. The summed E-state index contributed by atoms with van der Waals surface area (Å²) in [6.45, 7) is 0. The lowest BCUT2D eigenvalue weighted by Crippen LogP contribution is -2.40. The molecule has 0 radical (unpaired) electrons. The summed E-state index contributed by atoms with van der Waals surface area (Å²) in [7, 11) is 4.00. The Balaban J connectivity index is 1.21. The monoisotopic (exact) mass is 439 g/mol. The molecule has 0 aliphatic heterocycles. The van der Waals surface area contributed by atoms with Gasteiger partial charge < -0.3 is 15.5 Å². The maximum atomic E-state index is 12.8. The van der Waals surface area contributed by atoms with Crippen LogP contribution in [-0.2, 0) is 0 Å². The lowest BCUT2D eigenvalue weighted by molar-refractivity contribution is 0.0926. The SMILES string of the molecule is CN(C)c1nc(N[C@H]2CC[C@@H](NC(=O)c3ccc4ccccc4c3)CC2)nc2ccccc12. The number of nitrogens with zero attached hydrogens (tertiary/aromatic N) is 3. The van der Waals surface area contributed by atoms with Crippen molar-refractivity contribution in [2.75, 3.05) is 24.3 Å². The molecular weight excluding hydrogens is 410 g/mol. The van der Waals surface area contributed by atoms with Crippen LogP contribution in [0, 0.1) is 0 Å². The molecule has 0 atom stereocenters. The zero-order valence-corrected chi connectivity index (χ0v) is 19.1. The standard InChI is InChI=1S/C27H29N5O/c1-32(2)25-23-9-5-6-10-24(23)30-27(31-25)29-22-15-13-21(14-16-22)28-26(33)20-12-11-18-7-3-4-8-19(18)17-20/h3-12,17,21-22H,13-16H2,1-2H3,(H,28,33)(H,29,30,31)/t21-,22+. The van der Waals surface area contributed by atoms with Crippen molar-refractivity contribution >= 4 is 39.3 Å². The Morgan fingerprint density at radius 3 is 2.33 bits per heavy atom. The molecule has 168 valence electrons. The quantitative estimate of drug-likeness (QED) is 0.458. The van der Waals surface area contributed by atoms with E-state index < -0.39 is 0 Å². The Bertz CT molecular complexity index is 1290. The fourth-order valence-electron chi connectivity index (χ4n) is 4.63. The number of aromatic nitrogens is 2. The van der Waals surface area contributed by atoms with E-state index in [4.69, 9.17) is 9.97 Å². The van der Waals surface area contributed by atoms with Crippen LogP contribution in [-0.4, -0.2) is 42.1 Å². The van der Waals surface area contributed by atoms with Crippen LogP contribution in [0.4, 0.5) is 11.8 Å². The number of carbonyl (C=O) groups excluding carboxylic acids is 1. The van der Waals surface area contributed by atoms with Gasteiger partial charge in [-0.15, -0.1) is 0 Å². The molecule has 1 aliphatic rings. The number of carbonyl (C=O) groups is 1. The van der Waals surface area contributed by atoms with Crippen molar-refractivity contribution in [2.45, 2.75) is 37.8 Å². The highest BCUT2D eigenvalue weighted by molar-refractivity contribution is 5.98. The minimum atomic E-state index is 0.00523. The Kier molecular flexibility index (Phi) is 5.82. The molecule has 6 nitrogen and oxygen atoms in total. The molecule has 1 saturated carbocycles. The fraction of sp³-hybridized carbons (Fsp3) is 0.296. The first kappa shape index (κ1) is 21.2. The van der Waals surface area contributed by atoms with Gasteiger partial charge in [0.1, 0.15) is 5.82 Å². The molecule has 6 heteroatoms. The topological polar surface area (TPSA) is 70.2 Å². The predicted octanol–water partition coefficient (Wildman–Crippen LogP) is 5.00. The van der Waals surface area contributed by atoms with E-state index in [1.807, 2.05) is 73.6 Å². The zero-order valence-electron chi connectivity index (χ0n) is 19.1. The number of fused-ring (bicyclic) bond motifs is 2. The van der Waals surface area contributed by atoms with Gasteiger partial charge in [-0.25, -0.2) is 4.98 Å². The van der Waals surface area contributed by atoms with Crippen LogP contribution in [0.1, 0.15) is 36.0 Å². The Morgan fingerprint density at radius 2 is 1.55 bits per heavy atom. The van der Waals surface area contributed by atoms with Gasteiger partial charge in [0, 0.05) is 37.1 Å². The number of amides is 1. The third-order valence-electron chi connectivity index (χ3n) is 6.41. The van der Waals surface area contributed by atoms with Crippen LogP contribution >= 0.6 is 0 Å². The summed E-state index contributed by atoms with van der Waals surface area (Å²) in [4.78, 5) is 24.3. The third-order valence-corrected chi connectivity index (χ3v) is 6.41. The summed E-state index contributed by atoms with van der Waals surface area (Å²) < 4.78 is 0. The number of anilines is 2. The van der Waals surface area contributed by atoms with E-state index >= 15 is 0 Å². The van der Waals surface area contributed by atoms with Crippen molar-refractivity contribution < 1.29 is 4.79 Å². The van der Waals surface area contributed by atoms with Gasteiger partial charge in [-0.1, -0.05) is 42.5 Å². The lowest BCUT2D eigenvalue weighted by atomic mass is 9.91.